The van der Waals surface area contributed by atoms with E-state index >= 15 is 0 Å². The zero-order valence-corrected chi connectivity index (χ0v) is 26.6. The van der Waals surface area contributed by atoms with Crippen molar-refractivity contribution < 1.29 is 19.1 Å². The molecule has 0 spiro atoms. The van der Waals surface area contributed by atoms with Gasteiger partial charge in [-0.3, -0.25) is 19.7 Å². The third-order valence-electron chi connectivity index (χ3n) is 8.17. The van der Waals surface area contributed by atoms with Crippen molar-refractivity contribution in [3.63, 3.8) is 0 Å². The van der Waals surface area contributed by atoms with Gasteiger partial charge in [0.05, 0.1) is 20.8 Å². The maximum atomic E-state index is 11.8. The number of aliphatic hydroxyl groups is 1. The highest BCUT2D eigenvalue weighted by Crippen LogP contribution is 2.39. The SMILES string of the molecule is CN(C(=O)CO)C1CCN(Cc2ccc(-c3cc4nccc(Oc5ccc6oc(Nc7ccc(Cl)cc7)nc6c5)c4s3)nc2)CC1. The highest BCUT2D eigenvalue weighted by atomic mass is 35.5. The van der Waals surface area contributed by atoms with Gasteiger partial charge in [0.1, 0.15) is 23.6 Å². The number of aromatic nitrogens is 3. The molecule has 5 heterocycles. The Hall–Kier alpha value is -4.55. The number of carbonyl (C=O) groups is 1. The van der Waals surface area contributed by atoms with Gasteiger partial charge in [-0.25, -0.2) is 0 Å². The van der Waals surface area contributed by atoms with Crippen molar-refractivity contribution in [2.24, 2.45) is 0 Å². The standard InChI is InChI=1S/C34H31ClN6O4S/c1-40(32(43)20-42)24-11-14-41(15-12-24)19-21-2-8-26(37-18-21)31-17-28-33(46-31)30(10-13-36-28)44-25-7-9-29-27(16-25)39-34(45-29)38-23-5-3-22(35)4-6-23/h2-10,13,16-18,24,42H,11-12,14-15,19-20H2,1H3,(H,38,39). The van der Waals surface area contributed by atoms with E-state index < -0.39 is 6.61 Å². The molecular formula is C34H31ClN6O4S. The average molecular weight is 655 g/mol. The van der Waals surface area contributed by atoms with Crippen molar-refractivity contribution >= 4 is 61.9 Å². The van der Waals surface area contributed by atoms with Crippen LogP contribution < -0.4 is 10.1 Å². The second-order valence-corrected chi connectivity index (χ2v) is 12.7. The molecule has 2 aromatic carbocycles. The lowest BCUT2D eigenvalue weighted by Gasteiger charge is -2.36. The van der Waals surface area contributed by atoms with Gasteiger partial charge in [0.15, 0.2) is 5.58 Å². The fourth-order valence-corrected chi connectivity index (χ4v) is 6.80. The van der Waals surface area contributed by atoms with Crippen LogP contribution in [0.4, 0.5) is 11.7 Å². The van der Waals surface area contributed by atoms with Crippen LogP contribution in [0.5, 0.6) is 11.5 Å². The van der Waals surface area contributed by atoms with Crippen molar-refractivity contribution in [2.45, 2.75) is 25.4 Å². The summed E-state index contributed by atoms with van der Waals surface area (Å²) in [4.78, 5) is 30.8. The lowest BCUT2D eigenvalue weighted by atomic mass is 10.0. The first-order valence-electron chi connectivity index (χ1n) is 15.0. The number of aliphatic hydroxyl groups excluding tert-OH is 1. The molecule has 7 rings (SSSR count). The van der Waals surface area contributed by atoms with Gasteiger partial charge >= 0.3 is 0 Å². The molecule has 0 saturated carbocycles. The predicted molar refractivity (Wildman–Crippen MR) is 180 cm³/mol. The van der Waals surface area contributed by atoms with Gasteiger partial charge in [0.25, 0.3) is 6.01 Å². The molecule has 6 aromatic rings. The van der Waals surface area contributed by atoms with Gasteiger partial charge < -0.3 is 24.5 Å². The molecule has 0 unspecified atom stereocenters. The number of oxazole rings is 1. The Bertz CT molecular complexity index is 1990. The van der Waals surface area contributed by atoms with Crippen molar-refractivity contribution in [3.8, 4) is 22.1 Å². The summed E-state index contributed by atoms with van der Waals surface area (Å²) in [6, 6.07) is 21.5. The summed E-state index contributed by atoms with van der Waals surface area (Å²) in [5.41, 5.74) is 4.99. The number of anilines is 2. The van der Waals surface area contributed by atoms with Gasteiger partial charge in [-0.2, -0.15) is 4.98 Å². The van der Waals surface area contributed by atoms with Crippen molar-refractivity contribution in [1.82, 2.24) is 24.8 Å². The number of fused-ring (bicyclic) bond motifs is 2. The Morgan fingerprint density at radius 1 is 1.09 bits per heavy atom. The van der Waals surface area contributed by atoms with Gasteiger partial charge in [-0.15, -0.1) is 11.3 Å². The summed E-state index contributed by atoms with van der Waals surface area (Å²) in [6.45, 7) is 2.15. The molecule has 234 valence electrons. The quantitative estimate of drug-likeness (QED) is 0.168. The van der Waals surface area contributed by atoms with Crippen molar-refractivity contribution in [2.75, 3.05) is 32.1 Å². The molecule has 1 aliphatic heterocycles. The number of pyridine rings is 2. The fraction of sp³-hybridized carbons (Fsp3) is 0.235. The van der Waals surface area contributed by atoms with E-state index in [2.05, 4.69) is 32.3 Å². The third-order valence-corrected chi connectivity index (χ3v) is 9.59. The first kappa shape index (κ1) is 30.1. The topological polar surface area (TPSA) is 117 Å². The monoisotopic (exact) mass is 654 g/mol. The molecule has 0 aliphatic carbocycles. The number of amides is 1. The fourth-order valence-electron chi connectivity index (χ4n) is 5.63. The molecule has 1 aliphatic rings. The normalized spacial score (nSPS) is 14.2. The molecule has 0 atom stereocenters. The molecule has 0 bridgehead atoms. The van der Waals surface area contributed by atoms with E-state index in [4.69, 9.17) is 30.8 Å². The zero-order chi connectivity index (χ0) is 31.6. The number of halogens is 1. The molecule has 1 saturated heterocycles. The number of likely N-dealkylation sites (N-methyl/N-ethyl adjacent to an activating group) is 1. The van der Waals surface area contributed by atoms with Crippen molar-refractivity contribution in [3.05, 3.63) is 89.7 Å². The minimum atomic E-state index is -0.440. The van der Waals surface area contributed by atoms with E-state index in [9.17, 15) is 4.79 Å². The number of carbonyl (C=O) groups excluding carboxylic acids is 1. The third kappa shape index (κ3) is 6.54. The first-order chi connectivity index (χ1) is 22.4. The van der Waals surface area contributed by atoms with Gasteiger partial charge in [-0.1, -0.05) is 17.7 Å². The lowest BCUT2D eigenvalue weighted by molar-refractivity contribution is -0.135. The molecule has 46 heavy (non-hydrogen) atoms. The molecule has 10 nitrogen and oxygen atoms in total. The second kappa shape index (κ2) is 13.1. The maximum Gasteiger partial charge on any atom is 0.300 e. The number of hydrogen-bond acceptors (Lipinski definition) is 10. The Morgan fingerprint density at radius 2 is 1.91 bits per heavy atom. The lowest BCUT2D eigenvalue weighted by Crippen LogP contribution is -2.46. The predicted octanol–water partition coefficient (Wildman–Crippen LogP) is 7.10. The number of rotatable bonds is 9. The van der Waals surface area contributed by atoms with Crippen LogP contribution in [0.15, 0.2) is 83.5 Å². The van der Waals surface area contributed by atoms with Crippen molar-refractivity contribution in [1.29, 1.82) is 0 Å². The summed E-state index contributed by atoms with van der Waals surface area (Å²) in [5.74, 6) is 1.12. The molecule has 0 radical (unpaired) electrons. The van der Waals surface area contributed by atoms with Crippen LogP contribution in [-0.4, -0.2) is 68.6 Å². The van der Waals surface area contributed by atoms with Crippen LogP contribution in [0.1, 0.15) is 18.4 Å². The minimum Gasteiger partial charge on any atom is -0.456 e. The number of piperidine rings is 1. The Morgan fingerprint density at radius 3 is 2.67 bits per heavy atom. The number of ether oxygens (including phenoxy) is 1. The number of likely N-dealkylation sites (tertiary alicyclic amines) is 1. The maximum absolute atomic E-state index is 11.8. The summed E-state index contributed by atoms with van der Waals surface area (Å²) in [6.07, 6.45) is 5.46. The average Bonchev–Trinajstić information content (AvgIpc) is 3.70. The zero-order valence-electron chi connectivity index (χ0n) is 25.0. The molecule has 1 fully saturated rings. The van der Waals surface area contributed by atoms with E-state index in [1.165, 1.54) is 0 Å². The van der Waals surface area contributed by atoms with Crippen LogP contribution >= 0.6 is 22.9 Å². The van der Waals surface area contributed by atoms with Crippen LogP contribution in [0, 0.1) is 0 Å². The van der Waals surface area contributed by atoms with Crippen LogP contribution in [0.25, 0.3) is 31.9 Å². The van der Waals surface area contributed by atoms with Crippen LogP contribution in [-0.2, 0) is 11.3 Å². The van der Waals surface area contributed by atoms with Gasteiger partial charge in [0.2, 0.25) is 5.91 Å². The summed E-state index contributed by atoms with van der Waals surface area (Å²) in [7, 11) is 1.77. The Kier molecular flexibility index (Phi) is 8.55. The molecule has 12 heteroatoms. The highest BCUT2D eigenvalue weighted by Gasteiger charge is 2.25. The Labute approximate surface area is 274 Å². The summed E-state index contributed by atoms with van der Waals surface area (Å²) >= 11 is 7.58. The van der Waals surface area contributed by atoms with E-state index in [0.717, 1.165) is 64.5 Å². The molecule has 1 amide bonds. The Balaban J connectivity index is 1.02. The number of benzene rings is 2. The number of nitrogens with zero attached hydrogens (tertiary/aromatic N) is 5. The number of hydrogen-bond donors (Lipinski definition) is 2. The van der Waals surface area contributed by atoms with Gasteiger partial charge in [0, 0.05) is 68.0 Å². The summed E-state index contributed by atoms with van der Waals surface area (Å²) in [5, 5.41) is 13.0. The largest absolute Gasteiger partial charge is 0.456 e. The van der Waals surface area contributed by atoms with E-state index in [1.54, 1.807) is 41.6 Å². The van der Waals surface area contributed by atoms with E-state index in [0.29, 0.717) is 33.6 Å². The molecular weight excluding hydrogens is 624 g/mol. The van der Waals surface area contributed by atoms with Crippen LogP contribution in [0.2, 0.25) is 5.02 Å². The minimum absolute atomic E-state index is 0.174. The highest BCUT2D eigenvalue weighted by molar-refractivity contribution is 7.22. The second-order valence-electron chi connectivity index (χ2n) is 11.2. The first-order valence-corrected chi connectivity index (χ1v) is 16.1. The summed E-state index contributed by atoms with van der Waals surface area (Å²) < 4.78 is 13.1. The number of thiophene rings is 1. The van der Waals surface area contributed by atoms with E-state index in [-0.39, 0.29) is 11.9 Å². The smallest absolute Gasteiger partial charge is 0.300 e. The van der Waals surface area contributed by atoms with Gasteiger partial charge in [-0.05, 0) is 66.9 Å². The van der Waals surface area contributed by atoms with E-state index in [1.807, 2.05) is 48.7 Å². The van der Waals surface area contributed by atoms with Crippen LogP contribution in [0.3, 0.4) is 0 Å². The molecule has 4 aromatic heterocycles. The number of nitrogens with one attached hydrogen (secondary N) is 1. The molecule has 2 N–H and O–H groups in total.